The van der Waals surface area contributed by atoms with Crippen LogP contribution in [0.2, 0.25) is 0 Å². The van der Waals surface area contributed by atoms with Gasteiger partial charge in [0, 0.05) is 12.5 Å². The van der Waals surface area contributed by atoms with Gasteiger partial charge in [0.05, 0.1) is 0 Å². The molecule has 1 unspecified atom stereocenters. The highest BCUT2D eigenvalue weighted by Gasteiger charge is 2.14. The number of Topliss-reactive ketones (excluding diaryl/α,β-unsaturated/α-hetero) is 1. The maximum atomic E-state index is 10.9. The number of carbonyl (C=O) groups is 1. The van der Waals surface area contributed by atoms with Crippen LogP contribution in [0.5, 0.6) is 11.5 Å². The lowest BCUT2D eigenvalue weighted by Gasteiger charge is -2.20. The average Bonchev–Trinajstić information content (AvgIpc) is 2.35. The van der Waals surface area contributed by atoms with Gasteiger partial charge in [0.15, 0.2) is 11.5 Å². The lowest BCUT2D eigenvalue weighted by atomic mass is 10.0. The molecule has 1 aliphatic rings. The molecule has 0 saturated carbocycles. The molecule has 1 heterocycles. The van der Waals surface area contributed by atoms with Gasteiger partial charge in [0.1, 0.15) is 19.0 Å². The summed E-state index contributed by atoms with van der Waals surface area (Å²) < 4.78 is 10.9. The third-order valence-corrected chi connectivity index (χ3v) is 2.80. The summed E-state index contributed by atoms with van der Waals surface area (Å²) in [6.45, 7) is 2.73. The van der Waals surface area contributed by atoms with Crippen molar-refractivity contribution in [1.29, 1.82) is 0 Å². The summed E-state index contributed by atoms with van der Waals surface area (Å²) >= 11 is 0. The van der Waals surface area contributed by atoms with E-state index in [4.69, 9.17) is 15.2 Å². The third-order valence-electron chi connectivity index (χ3n) is 2.80. The summed E-state index contributed by atoms with van der Waals surface area (Å²) in [4.78, 5) is 10.9. The van der Waals surface area contributed by atoms with Crippen molar-refractivity contribution in [3.8, 4) is 11.5 Å². The molecule has 17 heavy (non-hydrogen) atoms. The van der Waals surface area contributed by atoms with E-state index in [1.54, 1.807) is 6.92 Å². The number of hydrogen-bond donors (Lipinski definition) is 1. The van der Waals surface area contributed by atoms with Gasteiger partial charge in [-0.15, -0.1) is 0 Å². The van der Waals surface area contributed by atoms with E-state index in [0.29, 0.717) is 26.1 Å². The smallest absolute Gasteiger partial charge is 0.161 e. The average molecular weight is 235 g/mol. The van der Waals surface area contributed by atoms with Crippen LogP contribution in [0.3, 0.4) is 0 Å². The maximum Gasteiger partial charge on any atom is 0.161 e. The highest BCUT2D eigenvalue weighted by Crippen LogP contribution is 2.32. The number of rotatable bonds is 4. The van der Waals surface area contributed by atoms with Crippen molar-refractivity contribution in [3.63, 3.8) is 0 Å². The molecule has 4 nitrogen and oxygen atoms in total. The molecular formula is C13H17NO3. The lowest BCUT2D eigenvalue weighted by Crippen LogP contribution is -2.17. The minimum absolute atomic E-state index is 0.130. The maximum absolute atomic E-state index is 10.9. The van der Waals surface area contributed by atoms with E-state index < -0.39 is 0 Å². The Kier molecular flexibility index (Phi) is 3.64. The van der Waals surface area contributed by atoms with Gasteiger partial charge in [-0.05, 0) is 31.0 Å². The topological polar surface area (TPSA) is 61.6 Å². The second-order valence-corrected chi connectivity index (χ2v) is 4.25. The van der Waals surface area contributed by atoms with E-state index in [1.165, 1.54) is 0 Å². The van der Waals surface area contributed by atoms with Gasteiger partial charge in [0.2, 0.25) is 0 Å². The first kappa shape index (κ1) is 11.9. The number of carbonyl (C=O) groups excluding carboxylic acids is 1. The van der Waals surface area contributed by atoms with Gasteiger partial charge in [-0.2, -0.15) is 0 Å². The summed E-state index contributed by atoms with van der Waals surface area (Å²) in [5, 5.41) is 0. The molecule has 4 heteroatoms. The van der Waals surface area contributed by atoms with Crippen molar-refractivity contribution in [2.45, 2.75) is 25.8 Å². The molecule has 1 atom stereocenters. The third kappa shape index (κ3) is 2.97. The second-order valence-electron chi connectivity index (χ2n) is 4.25. The van der Waals surface area contributed by atoms with Crippen LogP contribution in [0.1, 0.15) is 31.4 Å². The molecule has 1 aromatic rings. The molecule has 0 saturated heterocycles. The van der Waals surface area contributed by atoms with Crippen LogP contribution >= 0.6 is 0 Å². The normalized spacial score (nSPS) is 15.4. The molecule has 0 aliphatic carbocycles. The van der Waals surface area contributed by atoms with Crippen molar-refractivity contribution in [3.05, 3.63) is 23.8 Å². The molecule has 1 aromatic carbocycles. The highest BCUT2D eigenvalue weighted by atomic mass is 16.6. The van der Waals surface area contributed by atoms with Crippen LogP contribution in [0, 0.1) is 0 Å². The van der Waals surface area contributed by atoms with Crippen molar-refractivity contribution in [1.82, 2.24) is 0 Å². The minimum Gasteiger partial charge on any atom is -0.486 e. The predicted molar refractivity (Wildman–Crippen MR) is 64.3 cm³/mol. The Balaban J connectivity index is 2.08. The zero-order chi connectivity index (χ0) is 12.3. The first-order valence-corrected chi connectivity index (χ1v) is 5.81. The number of ether oxygens (including phenoxy) is 2. The van der Waals surface area contributed by atoms with Crippen LogP contribution < -0.4 is 15.2 Å². The fourth-order valence-corrected chi connectivity index (χ4v) is 1.82. The van der Waals surface area contributed by atoms with Crippen LogP contribution in [0.15, 0.2) is 18.2 Å². The molecule has 1 aliphatic heterocycles. The van der Waals surface area contributed by atoms with Gasteiger partial charge < -0.3 is 20.0 Å². The molecule has 0 aromatic heterocycles. The Labute approximate surface area is 101 Å². The fourth-order valence-electron chi connectivity index (χ4n) is 1.82. The highest BCUT2D eigenvalue weighted by molar-refractivity contribution is 5.75. The first-order valence-electron chi connectivity index (χ1n) is 5.81. The number of nitrogens with two attached hydrogens (primary N) is 1. The second kappa shape index (κ2) is 5.19. The van der Waals surface area contributed by atoms with E-state index in [0.717, 1.165) is 17.1 Å². The standard InChI is InChI=1S/C13H17NO3/c1-9(15)2-4-11(14)10-3-5-12-13(8-10)17-7-6-16-12/h3,5,8,11H,2,4,6-7,14H2,1H3. The van der Waals surface area contributed by atoms with E-state index in [2.05, 4.69) is 0 Å². The summed E-state index contributed by atoms with van der Waals surface area (Å²) in [7, 11) is 0. The van der Waals surface area contributed by atoms with Gasteiger partial charge >= 0.3 is 0 Å². The number of ketones is 1. The van der Waals surface area contributed by atoms with E-state index >= 15 is 0 Å². The zero-order valence-corrected chi connectivity index (χ0v) is 9.94. The van der Waals surface area contributed by atoms with Crippen LogP contribution in [-0.4, -0.2) is 19.0 Å². The Morgan fingerprint density at radius 1 is 1.35 bits per heavy atom. The molecular weight excluding hydrogens is 218 g/mol. The van der Waals surface area contributed by atoms with Crippen LogP contribution in [0.25, 0.3) is 0 Å². The van der Waals surface area contributed by atoms with Crippen molar-refractivity contribution in [2.24, 2.45) is 5.73 Å². The minimum atomic E-state index is -0.130. The van der Waals surface area contributed by atoms with E-state index in [9.17, 15) is 4.79 Å². The van der Waals surface area contributed by atoms with Crippen molar-refractivity contribution >= 4 is 5.78 Å². The van der Waals surface area contributed by atoms with Crippen LogP contribution in [0.4, 0.5) is 0 Å². The lowest BCUT2D eigenvalue weighted by molar-refractivity contribution is -0.117. The number of fused-ring (bicyclic) bond motifs is 1. The Morgan fingerprint density at radius 2 is 2.06 bits per heavy atom. The molecule has 2 rings (SSSR count). The van der Waals surface area contributed by atoms with Gasteiger partial charge in [0.25, 0.3) is 0 Å². The largest absolute Gasteiger partial charge is 0.486 e. The quantitative estimate of drug-likeness (QED) is 0.864. The summed E-state index contributed by atoms with van der Waals surface area (Å²) in [5.41, 5.74) is 7.01. The Morgan fingerprint density at radius 3 is 2.76 bits per heavy atom. The molecule has 2 N–H and O–H groups in total. The summed E-state index contributed by atoms with van der Waals surface area (Å²) in [5.74, 6) is 1.67. The zero-order valence-electron chi connectivity index (χ0n) is 9.94. The Bertz CT molecular complexity index is 417. The van der Waals surface area contributed by atoms with Crippen molar-refractivity contribution < 1.29 is 14.3 Å². The summed E-state index contributed by atoms with van der Waals surface area (Å²) in [6, 6.07) is 5.57. The van der Waals surface area contributed by atoms with Gasteiger partial charge in [-0.1, -0.05) is 6.07 Å². The van der Waals surface area contributed by atoms with E-state index in [-0.39, 0.29) is 11.8 Å². The molecule has 0 spiro atoms. The van der Waals surface area contributed by atoms with Gasteiger partial charge in [-0.25, -0.2) is 0 Å². The molecule has 0 amide bonds. The van der Waals surface area contributed by atoms with Crippen molar-refractivity contribution in [2.75, 3.05) is 13.2 Å². The Hall–Kier alpha value is -1.55. The van der Waals surface area contributed by atoms with E-state index in [1.807, 2.05) is 18.2 Å². The number of benzene rings is 1. The molecule has 0 fully saturated rings. The van der Waals surface area contributed by atoms with Crippen LogP contribution in [-0.2, 0) is 4.79 Å². The SMILES string of the molecule is CC(=O)CCC(N)c1ccc2c(c1)OCCO2. The summed E-state index contributed by atoms with van der Waals surface area (Å²) in [6.07, 6.45) is 1.17. The fraction of sp³-hybridized carbons (Fsp3) is 0.462. The predicted octanol–water partition coefficient (Wildman–Crippen LogP) is 1.83. The molecule has 0 bridgehead atoms. The van der Waals surface area contributed by atoms with Gasteiger partial charge in [-0.3, -0.25) is 0 Å². The number of hydrogen-bond acceptors (Lipinski definition) is 4. The molecule has 0 radical (unpaired) electrons. The monoisotopic (exact) mass is 235 g/mol. The first-order chi connectivity index (χ1) is 8.16. The molecule has 92 valence electrons.